The van der Waals surface area contributed by atoms with Crippen molar-refractivity contribution in [1.29, 1.82) is 0 Å². The van der Waals surface area contributed by atoms with Crippen LogP contribution in [0.4, 0.5) is 0 Å². The lowest BCUT2D eigenvalue weighted by Gasteiger charge is -2.38. The van der Waals surface area contributed by atoms with Crippen LogP contribution in [-0.4, -0.2) is 22.8 Å². The highest BCUT2D eigenvalue weighted by atomic mass is 16.2. The fourth-order valence-corrected chi connectivity index (χ4v) is 4.75. The number of rotatable bonds is 4. The Labute approximate surface area is 134 Å². The predicted octanol–water partition coefficient (Wildman–Crippen LogP) is 4.22. The van der Waals surface area contributed by atoms with E-state index in [1.807, 2.05) is 0 Å². The molecule has 2 saturated carbocycles. The lowest BCUT2D eigenvalue weighted by Crippen LogP contribution is -2.46. The molecule has 0 aromatic rings. The van der Waals surface area contributed by atoms with E-state index >= 15 is 0 Å². The summed E-state index contributed by atoms with van der Waals surface area (Å²) in [5.41, 5.74) is 0.495. The molecule has 1 atom stereocenters. The number of imide groups is 1. The third kappa shape index (κ3) is 3.28. The Bertz CT molecular complexity index is 444. The average molecular weight is 303 g/mol. The lowest BCUT2D eigenvalue weighted by molar-refractivity contribution is -0.142. The van der Waals surface area contributed by atoms with Crippen LogP contribution in [0.5, 0.6) is 0 Å². The van der Waals surface area contributed by atoms with Crippen molar-refractivity contribution in [3.8, 4) is 0 Å². The number of hydrogen-bond acceptors (Lipinski definition) is 2. The number of carbonyl (C=O) groups is 2. The van der Waals surface area contributed by atoms with E-state index in [9.17, 15) is 9.59 Å². The summed E-state index contributed by atoms with van der Waals surface area (Å²) < 4.78 is 0. The van der Waals surface area contributed by atoms with Gasteiger partial charge in [0.1, 0.15) is 0 Å². The zero-order valence-electron chi connectivity index (χ0n) is 13.7. The minimum atomic E-state index is -0.0867. The predicted molar refractivity (Wildman–Crippen MR) is 87.2 cm³/mol. The van der Waals surface area contributed by atoms with Crippen molar-refractivity contribution >= 4 is 11.8 Å². The molecular weight excluding hydrogens is 274 g/mol. The number of amides is 2. The van der Waals surface area contributed by atoms with Crippen molar-refractivity contribution in [1.82, 2.24) is 4.90 Å². The lowest BCUT2D eigenvalue weighted by atomic mass is 9.76. The molecule has 122 valence electrons. The summed E-state index contributed by atoms with van der Waals surface area (Å²) in [5.74, 6) is 1.14. The molecule has 0 aromatic carbocycles. The largest absolute Gasteiger partial charge is 0.275 e. The van der Waals surface area contributed by atoms with Gasteiger partial charge in [-0.05, 0) is 31.1 Å². The molecule has 0 aromatic heterocycles. The van der Waals surface area contributed by atoms with E-state index in [2.05, 4.69) is 6.58 Å². The SMILES string of the molecule is C=C1CC(=O)N([C@H](CC2CCCCC2)C2CCCCC2)C1=O. The van der Waals surface area contributed by atoms with Gasteiger partial charge in [0.25, 0.3) is 5.91 Å². The molecule has 22 heavy (non-hydrogen) atoms. The second-order valence-corrected chi connectivity index (χ2v) is 7.55. The van der Waals surface area contributed by atoms with Crippen LogP contribution in [0, 0.1) is 11.8 Å². The van der Waals surface area contributed by atoms with Gasteiger partial charge >= 0.3 is 0 Å². The fourth-order valence-electron chi connectivity index (χ4n) is 4.75. The summed E-state index contributed by atoms with van der Waals surface area (Å²) >= 11 is 0. The summed E-state index contributed by atoms with van der Waals surface area (Å²) in [6.45, 7) is 3.80. The van der Waals surface area contributed by atoms with Crippen molar-refractivity contribution in [2.24, 2.45) is 11.8 Å². The first kappa shape index (κ1) is 15.8. The molecule has 3 rings (SSSR count). The van der Waals surface area contributed by atoms with E-state index in [4.69, 9.17) is 0 Å². The van der Waals surface area contributed by atoms with Gasteiger partial charge in [0, 0.05) is 11.6 Å². The van der Waals surface area contributed by atoms with Gasteiger partial charge in [-0.1, -0.05) is 57.9 Å². The molecule has 2 aliphatic carbocycles. The molecule has 3 heteroatoms. The maximum atomic E-state index is 12.4. The van der Waals surface area contributed by atoms with Crippen molar-refractivity contribution in [2.45, 2.75) is 83.1 Å². The molecule has 2 amide bonds. The van der Waals surface area contributed by atoms with Gasteiger partial charge in [-0.15, -0.1) is 0 Å². The van der Waals surface area contributed by atoms with Crippen LogP contribution >= 0.6 is 0 Å². The zero-order chi connectivity index (χ0) is 15.5. The second kappa shape index (κ2) is 6.97. The molecule has 3 nitrogen and oxygen atoms in total. The Kier molecular flexibility index (Phi) is 5.00. The smallest absolute Gasteiger partial charge is 0.256 e. The topological polar surface area (TPSA) is 37.4 Å². The van der Waals surface area contributed by atoms with E-state index in [0.717, 1.165) is 6.42 Å². The monoisotopic (exact) mass is 303 g/mol. The van der Waals surface area contributed by atoms with Gasteiger partial charge < -0.3 is 0 Å². The first-order valence-electron chi connectivity index (χ1n) is 9.21. The summed E-state index contributed by atoms with van der Waals surface area (Å²) in [6, 6.07) is 0.141. The van der Waals surface area contributed by atoms with Crippen LogP contribution in [0.1, 0.15) is 77.0 Å². The van der Waals surface area contributed by atoms with E-state index in [0.29, 0.717) is 17.4 Å². The van der Waals surface area contributed by atoms with E-state index in [1.165, 1.54) is 64.2 Å². The standard InChI is InChI=1S/C19H29NO2/c1-14-12-18(21)20(19(14)22)17(16-10-6-3-7-11-16)13-15-8-4-2-5-9-15/h15-17H,1-13H2/t17-/m1/s1. The maximum Gasteiger partial charge on any atom is 0.256 e. The molecule has 0 unspecified atom stereocenters. The Morgan fingerprint density at radius 3 is 2.09 bits per heavy atom. The Morgan fingerprint density at radius 2 is 1.55 bits per heavy atom. The van der Waals surface area contributed by atoms with Gasteiger partial charge in [0.2, 0.25) is 5.91 Å². The van der Waals surface area contributed by atoms with E-state index in [1.54, 1.807) is 4.90 Å². The molecule has 0 radical (unpaired) electrons. The number of likely N-dealkylation sites (tertiary alicyclic amines) is 1. The third-order valence-corrected chi connectivity index (χ3v) is 5.98. The molecule has 1 heterocycles. The molecular formula is C19H29NO2. The zero-order valence-corrected chi connectivity index (χ0v) is 13.7. The molecule has 3 fully saturated rings. The summed E-state index contributed by atoms with van der Waals surface area (Å²) in [5, 5.41) is 0. The summed E-state index contributed by atoms with van der Waals surface area (Å²) in [6.07, 6.45) is 14.0. The summed E-state index contributed by atoms with van der Waals surface area (Å²) in [7, 11) is 0. The number of carbonyl (C=O) groups excluding carboxylic acids is 2. The third-order valence-electron chi connectivity index (χ3n) is 5.98. The van der Waals surface area contributed by atoms with Gasteiger partial charge in [0.15, 0.2) is 0 Å². The normalized spacial score (nSPS) is 26.7. The average Bonchev–Trinajstić information content (AvgIpc) is 2.80. The van der Waals surface area contributed by atoms with Crippen molar-refractivity contribution < 1.29 is 9.59 Å². The van der Waals surface area contributed by atoms with Crippen LogP contribution < -0.4 is 0 Å². The van der Waals surface area contributed by atoms with Crippen molar-refractivity contribution in [3.63, 3.8) is 0 Å². The van der Waals surface area contributed by atoms with E-state index < -0.39 is 0 Å². The van der Waals surface area contributed by atoms with Gasteiger partial charge in [-0.25, -0.2) is 0 Å². The van der Waals surface area contributed by atoms with Crippen LogP contribution in [0.15, 0.2) is 12.2 Å². The van der Waals surface area contributed by atoms with Gasteiger partial charge in [0.05, 0.1) is 6.42 Å². The minimum Gasteiger partial charge on any atom is -0.275 e. The Morgan fingerprint density at radius 1 is 0.955 bits per heavy atom. The van der Waals surface area contributed by atoms with Crippen LogP contribution in [-0.2, 0) is 9.59 Å². The van der Waals surface area contributed by atoms with Crippen molar-refractivity contribution in [3.05, 3.63) is 12.2 Å². The second-order valence-electron chi connectivity index (χ2n) is 7.55. The number of nitrogens with zero attached hydrogens (tertiary/aromatic N) is 1. The fraction of sp³-hybridized carbons (Fsp3) is 0.789. The van der Waals surface area contributed by atoms with Gasteiger partial charge in [-0.2, -0.15) is 0 Å². The first-order valence-corrected chi connectivity index (χ1v) is 9.21. The Balaban J connectivity index is 1.76. The van der Waals surface area contributed by atoms with E-state index in [-0.39, 0.29) is 24.3 Å². The highest BCUT2D eigenvalue weighted by Crippen LogP contribution is 2.38. The van der Waals surface area contributed by atoms with Crippen LogP contribution in [0.25, 0.3) is 0 Å². The summed E-state index contributed by atoms with van der Waals surface area (Å²) in [4.78, 5) is 26.4. The molecule has 1 saturated heterocycles. The van der Waals surface area contributed by atoms with Crippen LogP contribution in [0.2, 0.25) is 0 Å². The van der Waals surface area contributed by atoms with Gasteiger partial charge in [-0.3, -0.25) is 14.5 Å². The van der Waals surface area contributed by atoms with Crippen molar-refractivity contribution in [2.75, 3.05) is 0 Å². The maximum absolute atomic E-state index is 12.4. The molecule has 0 bridgehead atoms. The van der Waals surface area contributed by atoms with Crippen LogP contribution in [0.3, 0.4) is 0 Å². The highest BCUT2D eigenvalue weighted by Gasteiger charge is 2.41. The quantitative estimate of drug-likeness (QED) is 0.576. The Hall–Kier alpha value is -1.12. The molecule has 0 N–H and O–H groups in total. The molecule has 0 spiro atoms. The highest BCUT2D eigenvalue weighted by molar-refractivity contribution is 6.13. The molecule has 1 aliphatic heterocycles. The first-order chi connectivity index (χ1) is 10.7. The molecule has 3 aliphatic rings. The number of hydrogen-bond donors (Lipinski definition) is 0. The minimum absolute atomic E-state index is 0.00128.